The molecule has 0 aliphatic carbocycles. The molecule has 4 nitrogen and oxygen atoms in total. The molecule has 2 heterocycles. The second kappa shape index (κ2) is 5.81. The summed E-state index contributed by atoms with van der Waals surface area (Å²) in [5.74, 6) is 0. The van der Waals surface area contributed by atoms with E-state index in [1.807, 2.05) is 59.6 Å². The molecule has 0 spiro atoms. The first kappa shape index (κ1) is 14.5. The van der Waals surface area contributed by atoms with Crippen LogP contribution in [0.1, 0.15) is 11.4 Å². The van der Waals surface area contributed by atoms with E-state index in [1.165, 1.54) is 0 Å². The molecule has 4 heteroatoms. The molecule has 0 unspecified atom stereocenters. The van der Waals surface area contributed by atoms with E-state index in [-0.39, 0.29) is 0 Å². The standard InChI is InChI=1S/C20H18N4/c1-15-19(13-23(21-15)17-9-5-3-6-10-17)20-14-24(22-16(20)2)18-11-7-4-8-12-18/h3-14H,1-2H3. The van der Waals surface area contributed by atoms with E-state index < -0.39 is 0 Å². The van der Waals surface area contributed by atoms with Crippen LogP contribution in [-0.2, 0) is 0 Å². The monoisotopic (exact) mass is 314 g/mol. The summed E-state index contributed by atoms with van der Waals surface area (Å²) < 4.78 is 3.84. The van der Waals surface area contributed by atoms with E-state index in [1.54, 1.807) is 0 Å². The molecule has 24 heavy (non-hydrogen) atoms. The molecule has 0 aliphatic rings. The molecule has 2 aromatic carbocycles. The third-order valence-electron chi connectivity index (χ3n) is 4.13. The van der Waals surface area contributed by atoms with Crippen LogP contribution >= 0.6 is 0 Å². The predicted octanol–water partition coefficient (Wildman–Crippen LogP) is 4.34. The maximum atomic E-state index is 4.66. The third kappa shape index (κ3) is 2.52. The van der Waals surface area contributed by atoms with Crippen molar-refractivity contribution in [1.29, 1.82) is 0 Å². The number of hydrogen-bond donors (Lipinski definition) is 0. The SMILES string of the molecule is Cc1nn(-c2ccccc2)cc1-c1cn(-c2ccccc2)nc1C. The van der Waals surface area contributed by atoms with Crippen molar-refractivity contribution >= 4 is 0 Å². The van der Waals surface area contributed by atoms with Crippen molar-refractivity contribution in [1.82, 2.24) is 19.6 Å². The van der Waals surface area contributed by atoms with Crippen LogP contribution in [0.25, 0.3) is 22.5 Å². The van der Waals surface area contributed by atoms with Crippen LogP contribution in [0.2, 0.25) is 0 Å². The molecular formula is C20H18N4. The molecule has 0 saturated heterocycles. The summed E-state index contributed by atoms with van der Waals surface area (Å²) in [6, 6.07) is 20.3. The van der Waals surface area contributed by atoms with Gasteiger partial charge in [-0.05, 0) is 38.1 Å². The fourth-order valence-electron chi connectivity index (χ4n) is 2.87. The molecule has 0 N–H and O–H groups in total. The van der Waals surface area contributed by atoms with E-state index in [4.69, 9.17) is 0 Å². The van der Waals surface area contributed by atoms with E-state index in [0.717, 1.165) is 33.9 Å². The van der Waals surface area contributed by atoms with Crippen molar-refractivity contribution in [2.45, 2.75) is 13.8 Å². The molecular weight excluding hydrogens is 296 g/mol. The largest absolute Gasteiger partial charge is 0.240 e. The van der Waals surface area contributed by atoms with Crippen LogP contribution in [0.5, 0.6) is 0 Å². The molecule has 0 amide bonds. The lowest BCUT2D eigenvalue weighted by Crippen LogP contribution is -1.93. The first-order chi connectivity index (χ1) is 11.7. The molecule has 0 saturated carbocycles. The van der Waals surface area contributed by atoms with Crippen molar-refractivity contribution in [2.24, 2.45) is 0 Å². The van der Waals surface area contributed by atoms with Crippen LogP contribution in [0.3, 0.4) is 0 Å². The highest BCUT2D eigenvalue weighted by Crippen LogP contribution is 2.27. The topological polar surface area (TPSA) is 35.6 Å². The summed E-state index contributed by atoms with van der Waals surface area (Å²) in [5, 5.41) is 9.32. The minimum absolute atomic E-state index is 0.995. The molecule has 0 radical (unpaired) electrons. The molecule has 0 aliphatic heterocycles. The van der Waals surface area contributed by atoms with E-state index in [2.05, 4.69) is 46.9 Å². The Morgan fingerprint density at radius 1 is 0.583 bits per heavy atom. The summed E-state index contributed by atoms with van der Waals surface area (Å²) in [4.78, 5) is 0. The van der Waals surface area contributed by atoms with Gasteiger partial charge in [0, 0.05) is 23.5 Å². The Labute approximate surface area is 141 Å². The fourth-order valence-corrected chi connectivity index (χ4v) is 2.87. The smallest absolute Gasteiger partial charge is 0.0677 e. The lowest BCUT2D eigenvalue weighted by Gasteiger charge is -1.99. The zero-order valence-electron chi connectivity index (χ0n) is 13.7. The quantitative estimate of drug-likeness (QED) is 0.564. The summed E-state index contributed by atoms with van der Waals surface area (Å²) in [6.07, 6.45) is 4.15. The number of aryl methyl sites for hydroxylation is 2. The minimum atomic E-state index is 0.995. The summed E-state index contributed by atoms with van der Waals surface area (Å²) in [6.45, 7) is 4.07. The number of aromatic nitrogens is 4. The van der Waals surface area contributed by atoms with Crippen molar-refractivity contribution in [3.8, 4) is 22.5 Å². The average Bonchev–Trinajstić information content (AvgIpc) is 3.19. The zero-order valence-corrected chi connectivity index (χ0v) is 13.7. The van der Waals surface area contributed by atoms with Gasteiger partial charge in [0.05, 0.1) is 22.8 Å². The van der Waals surface area contributed by atoms with Crippen molar-refractivity contribution in [3.05, 3.63) is 84.4 Å². The first-order valence-corrected chi connectivity index (χ1v) is 7.96. The van der Waals surface area contributed by atoms with Crippen LogP contribution in [0, 0.1) is 13.8 Å². The fraction of sp³-hybridized carbons (Fsp3) is 0.100. The maximum Gasteiger partial charge on any atom is 0.0677 e. The normalized spacial score (nSPS) is 10.9. The zero-order chi connectivity index (χ0) is 16.5. The van der Waals surface area contributed by atoms with Crippen molar-refractivity contribution < 1.29 is 0 Å². The Bertz CT molecular complexity index is 884. The summed E-state index contributed by atoms with van der Waals surface area (Å²) in [7, 11) is 0. The van der Waals surface area contributed by atoms with Crippen molar-refractivity contribution in [3.63, 3.8) is 0 Å². The van der Waals surface area contributed by atoms with E-state index in [0.29, 0.717) is 0 Å². The van der Waals surface area contributed by atoms with E-state index in [9.17, 15) is 0 Å². The second-order valence-corrected chi connectivity index (χ2v) is 5.82. The number of nitrogens with zero attached hydrogens (tertiary/aromatic N) is 4. The van der Waals surface area contributed by atoms with Gasteiger partial charge in [-0.3, -0.25) is 0 Å². The predicted molar refractivity (Wildman–Crippen MR) is 95.6 cm³/mol. The van der Waals surface area contributed by atoms with Crippen LogP contribution in [0.4, 0.5) is 0 Å². The Kier molecular flexibility index (Phi) is 3.50. The molecule has 4 aromatic rings. The van der Waals surface area contributed by atoms with Crippen molar-refractivity contribution in [2.75, 3.05) is 0 Å². The van der Waals surface area contributed by atoms with Gasteiger partial charge in [-0.1, -0.05) is 36.4 Å². The van der Waals surface area contributed by atoms with Gasteiger partial charge in [-0.25, -0.2) is 9.36 Å². The molecule has 0 bridgehead atoms. The maximum absolute atomic E-state index is 4.66. The highest BCUT2D eigenvalue weighted by molar-refractivity contribution is 5.67. The number of rotatable bonds is 3. The Morgan fingerprint density at radius 2 is 0.958 bits per heavy atom. The number of hydrogen-bond acceptors (Lipinski definition) is 2. The molecule has 0 fully saturated rings. The molecule has 4 rings (SSSR count). The Balaban J connectivity index is 1.78. The highest BCUT2D eigenvalue weighted by atomic mass is 15.3. The first-order valence-electron chi connectivity index (χ1n) is 7.96. The van der Waals surface area contributed by atoms with Gasteiger partial charge in [0.1, 0.15) is 0 Å². The van der Waals surface area contributed by atoms with Crippen LogP contribution in [-0.4, -0.2) is 19.6 Å². The Morgan fingerprint density at radius 3 is 1.33 bits per heavy atom. The van der Waals surface area contributed by atoms with Gasteiger partial charge in [0.15, 0.2) is 0 Å². The summed E-state index contributed by atoms with van der Waals surface area (Å²) in [5.41, 5.74) is 6.32. The third-order valence-corrected chi connectivity index (χ3v) is 4.13. The van der Waals surface area contributed by atoms with E-state index >= 15 is 0 Å². The van der Waals surface area contributed by atoms with Gasteiger partial charge in [-0.2, -0.15) is 10.2 Å². The second-order valence-electron chi connectivity index (χ2n) is 5.82. The molecule has 0 atom stereocenters. The van der Waals surface area contributed by atoms with Gasteiger partial charge >= 0.3 is 0 Å². The molecule has 2 aromatic heterocycles. The van der Waals surface area contributed by atoms with Crippen LogP contribution < -0.4 is 0 Å². The van der Waals surface area contributed by atoms with Gasteiger partial charge in [0.25, 0.3) is 0 Å². The minimum Gasteiger partial charge on any atom is -0.240 e. The average molecular weight is 314 g/mol. The van der Waals surface area contributed by atoms with Crippen LogP contribution in [0.15, 0.2) is 73.1 Å². The van der Waals surface area contributed by atoms with Gasteiger partial charge in [-0.15, -0.1) is 0 Å². The highest BCUT2D eigenvalue weighted by Gasteiger charge is 2.14. The number of benzene rings is 2. The number of para-hydroxylation sites is 2. The summed E-state index contributed by atoms with van der Waals surface area (Å²) >= 11 is 0. The Hall–Kier alpha value is -3.14. The van der Waals surface area contributed by atoms with Gasteiger partial charge in [0.2, 0.25) is 0 Å². The molecule has 118 valence electrons. The lowest BCUT2D eigenvalue weighted by molar-refractivity contribution is 0.863. The van der Waals surface area contributed by atoms with Gasteiger partial charge < -0.3 is 0 Å². The lowest BCUT2D eigenvalue weighted by atomic mass is 10.1.